The number of methoxy groups -OCH3 is 1. The van der Waals surface area contributed by atoms with Gasteiger partial charge < -0.3 is 14.5 Å². The third-order valence-corrected chi connectivity index (χ3v) is 2.63. The number of hydrogen-bond acceptors (Lipinski definition) is 4. The average molecular weight is 220 g/mol. The molecular formula is C11H14N3O2. The van der Waals surface area contributed by atoms with E-state index in [1.807, 2.05) is 6.07 Å². The summed E-state index contributed by atoms with van der Waals surface area (Å²) in [5.74, 6) is 0.909. The Labute approximate surface area is 94.6 Å². The molecule has 1 aliphatic rings. The summed E-state index contributed by atoms with van der Waals surface area (Å²) in [6.45, 7) is 2.90. The molecule has 1 aromatic rings. The van der Waals surface area contributed by atoms with E-state index in [2.05, 4.69) is 20.7 Å². The SMILES string of the molecule is COC(=O)N1CCN(c2c[c]ccn2)CC1. The van der Waals surface area contributed by atoms with Crippen molar-refractivity contribution in [3.63, 3.8) is 0 Å². The first kappa shape index (κ1) is 10.7. The van der Waals surface area contributed by atoms with Gasteiger partial charge in [0, 0.05) is 32.4 Å². The van der Waals surface area contributed by atoms with E-state index in [0.29, 0.717) is 13.1 Å². The van der Waals surface area contributed by atoms with Crippen molar-refractivity contribution >= 4 is 11.9 Å². The van der Waals surface area contributed by atoms with E-state index in [4.69, 9.17) is 0 Å². The van der Waals surface area contributed by atoms with Crippen molar-refractivity contribution in [3.05, 3.63) is 24.4 Å². The third kappa shape index (κ3) is 2.24. The summed E-state index contributed by atoms with van der Waals surface area (Å²) in [7, 11) is 1.41. The molecule has 1 fully saturated rings. The van der Waals surface area contributed by atoms with Crippen molar-refractivity contribution in [1.82, 2.24) is 9.88 Å². The number of rotatable bonds is 1. The second kappa shape index (κ2) is 4.83. The van der Waals surface area contributed by atoms with Gasteiger partial charge in [-0.3, -0.25) is 0 Å². The number of carbonyl (C=O) groups excluding carboxylic acids is 1. The second-order valence-corrected chi connectivity index (χ2v) is 3.56. The number of nitrogens with zero attached hydrogens (tertiary/aromatic N) is 3. The van der Waals surface area contributed by atoms with Crippen molar-refractivity contribution in [1.29, 1.82) is 0 Å². The molecule has 0 spiro atoms. The molecule has 2 rings (SSSR count). The summed E-state index contributed by atoms with van der Waals surface area (Å²) in [4.78, 5) is 19.4. The van der Waals surface area contributed by atoms with E-state index in [0.717, 1.165) is 18.9 Å². The maximum Gasteiger partial charge on any atom is 0.409 e. The zero-order valence-electron chi connectivity index (χ0n) is 9.22. The van der Waals surface area contributed by atoms with Crippen molar-refractivity contribution in [2.24, 2.45) is 0 Å². The number of hydrogen-bond donors (Lipinski definition) is 0. The van der Waals surface area contributed by atoms with Crippen LogP contribution in [-0.2, 0) is 4.74 Å². The summed E-state index contributed by atoms with van der Waals surface area (Å²) in [6, 6.07) is 6.62. The number of carbonyl (C=O) groups is 1. The molecule has 5 nitrogen and oxygen atoms in total. The largest absolute Gasteiger partial charge is 0.453 e. The lowest BCUT2D eigenvalue weighted by atomic mass is 10.3. The highest BCUT2D eigenvalue weighted by Crippen LogP contribution is 2.12. The van der Waals surface area contributed by atoms with Crippen molar-refractivity contribution < 1.29 is 9.53 Å². The lowest BCUT2D eigenvalue weighted by Crippen LogP contribution is -2.49. The number of ether oxygens (including phenoxy) is 1. The van der Waals surface area contributed by atoms with Crippen LogP contribution in [-0.4, -0.2) is 49.3 Å². The molecule has 16 heavy (non-hydrogen) atoms. The molecule has 0 unspecified atom stereocenters. The van der Waals surface area contributed by atoms with Crippen LogP contribution in [0.1, 0.15) is 0 Å². The van der Waals surface area contributed by atoms with E-state index in [-0.39, 0.29) is 6.09 Å². The number of amides is 1. The predicted molar refractivity (Wildman–Crippen MR) is 59.3 cm³/mol. The van der Waals surface area contributed by atoms with Gasteiger partial charge in [0.15, 0.2) is 0 Å². The summed E-state index contributed by atoms with van der Waals surface area (Å²) in [6.07, 6.45) is 1.47. The molecule has 85 valence electrons. The van der Waals surface area contributed by atoms with E-state index >= 15 is 0 Å². The van der Waals surface area contributed by atoms with Crippen LogP contribution in [0.4, 0.5) is 10.6 Å². The van der Waals surface area contributed by atoms with Gasteiger partial charge >= 0.3 is 6.09 Å². The Balaban J connectivity index is 1.93. The third-order valence-electron chi connectivity index (χ3n) is 2.63. The van der Waals surface area contributed by atoms with Gasteiger partial charge in [-0.25, -0.2) is 9.78 Å². The van der Waals surface area contributed by atoms with Gasteiger partial charge in [-0.15, -0.1) is 0 Å². The van der Waals surface area contributed by atoms with E-state index < -0.39 is 0 Å². The van der Waals surface area contributed by atoms with E-state index in [1.165, 1.54) is 7.11 Å². The number of anilines is 1. The molecular weight excluding hydrogens is 206 g/mol. The van der Waals surface area contributed by atoms with Crippen molar-refractivity contribution in [2.45, 2.75) is 0 Å². The Bertz CT molecular complexity index is 348. The fraction of sp³-hybridized carbons (Fsp3) is 0.455. The van der Waals surface area contributed by atoms with Gasteiger partial charge in [0.25, 0.3) is 0 Å². The van der Waals surface area contributed by atoms with Crippen LogP contribution >= 0.6 is 0 Å². The van der Waals surface area contributed by atoms with Crippen LogP contribution < -0.4 is 4.90 Å². The maximum atomic E-state index is 11.3. The average Bonchev–Trinajstić information content (AvgIpc) is 2.39. The van der Waals surface area contributed by atoms with Gasteiger partial charge in [-0.1, -0.05) is 0 Å². The Morgan fingerprint density at radius 1 is 1.44 bits per heavy atom. The summed E-state index contributed by atoms with van der Waals surface area (Å²) in [5, 5.41) is 0. The highest BCUT2D eigenvalue weighted by molar-refractivity contribution is 5.67. The van der Waals surface area contributed by atoms with Gasteiger partial charge in [0.2, 0.25) is 0 Å². The van der Waals surface area contributed by atoms with Crippen LogP contribution in [0.5, 0.6) is 0 Å². The minimum absolute atomic E-state index is 0.257. The standard InChI is InChI=1S/C11H14N3O2/c1-16-11(15)14-8-6-13(7-9-14)10-4-2-3-5-12-10/h3-5H,6-9H2,1H3. The molecule has 0 N–H and O–H groups in total. The molecule has 1 radical (unpaired) electrons. The smallest absolute Gasteiger partial charge is 0.409 e. The summed E-state index contributed by atoms with van der Waals surface area (Å²) >= 11 is 0. The monoisotopic (exact) mass is 220 g/mol. The molecule has 2 heterocycles. The van der Waals surface area contributed by atoms with Crippen LogP contribution in [0.25, 0.3) is 0 Å². The van der Waals surface area contributed by atoms with Gasteiger partial charge in [0.1, 0.15) is 5.82 Å². The number of piperazine rings is 1. The molecule has 0 atom stereocenters. The lowest BCUT2D eigenvalue weighted by molar-refractivity contribution is 0.121. The molecule has 0 bridgehead atoms. The number of pyridine rings is 1. The Morgan fingerprint density at radius 3 is 2.75 bits per heavy atom. The maximum absolute atomic E-state index is 11.3. The zero-order chi connectivity index (χ0) is 11.4. The minimum Gasteiger partial charge on any atom is -0.453 e. The van der Waals surface area contributed by atoms with Crippen molar-refractivity contribution in [2.75, 3.05) is 38.2 Å². The van der Waals surface area contributed by atoms with Gasteiger partial charge in [-0.05, 0) is 18.2 Å². The van der Waals surface area contributed by atoms with Gasteiger partial charge in [-0.2, -0.15) is 0 Å². The molecule has 1 saturated heterocycles. The van der Waals surface area contributed by atoms with Crippen LogP contribution in [0.3, 0.4) is 0 Å². The Hall–Kier alpha value is -1.78. The highest BCUT2D eigenvalue weighted by atomic mass is 16.5. The number of aromatic nitrogens is 1. The zero-order valence-corrected chi connectivity index (χ0v) is 9.22. The summed E-state index contributed by atoms with van der Waals surface area (Å²) < 4.78 is 4.68. The molecule has 1 amide bonds. The van der Waals surface area contributed by atoms with E-state index in [9.17, 15) is 4.79 Å². The van der Waals surface area contributed by atoms with Crippen LogP contribution in [0.15, 0.2) is 18.3 Å². The van der Waals surface area contributed by atoms with E-state index in [1.54, 1.807) is 17.2 Å². The van der Waals surface area contributed by atoms with Gasteiger partial charge in [0.05, 0.1) is 7.11 Å². The molecule has 5 heteroatoms. The molecule has 1 aliphatic heterocycles. The molecule has 0 aromatic carbocycles. The summed E-state index contributed by atoms with van der Waals surface area (Å²) in [5.41, 5.74) is 0. The molecule has 0 aliphatic carbocycles. The Kier molecular flexibility index (Phi) is 3.24. The second-order valence-electron chi connectivity index (χ2n) is 3.56. The van der Waals surface area contributed by atoms with Crippen LogP contribution in [0, 0.1) is 6.07 Å². The molecule has 1 aromatic heterocycles. The minimum atomic E-state index is -0.257. The highest BCUT2D eigenvalue weighted by Gasteiger charge is 2.21. The predicted octanol–water partition coefficient (Wildman–Crippen LogP) is 0.770. The first-order valence-corrected chi connectivity index (χ1v) is 5.21. The first-order chi connectivity index (χ1) is 7.81. The first-order valence-electron chi connectivity index (χ1n) is 5.21. The quantitative estimate of drug-likeness (QED) is 0.701. The fourth-order valence-electron chi connectivity index (χ4n) is 1.74. The Morgan fingerprint density at radius 2 is 2.19 bits per heavy atom. The normalized spacial score (nSPS) is 16.1. The topological polar surface area (TPSA) is 45.7 Å². The van der Waals surface area contributed by atoms with Crippen LogP contribution in [0.2, 0.25) is 0 Å². The molecule has 0 saturated carbocycles. The fourth-order valence-corrected chi connectivity index (χ4v) is 1.74. The van der Waals surface area contributed by atoms with Crippen molar-refractivity contribution in [3.8, 4) is 0 Å². The lowest BCUT2D eigenvalue weighted by Gasteiger charge is -2.34.